The molecule has 1 heterocycles. The van der Waals surface area contributed by atoms with E-state index in [1.807, 2.05) is 16.7 Å². The van der Waals surface area contributed by atoms with E-state index in [1.54, 1.807) is 6.92 Å². The average molecular weight is 398 g/mol. The fraction of sp³-hybridized carbons (Fsp3) is 0.529. The molecule has 10 heteroatoms. The molecule has 2 N–H and O–H groups in total. The third-order valence-corrected chi connectivity index (χ3v) is 4.82. The number of benzene rings is 1. The number of amides is 2. The largest absolute Gasteiger partial charge is 0.355 e. The lowest BCUT2D eigenvalue weighted by molar-refractivity contribution is -0.384. The number of likely N-dealkylation sites (N-methyl/N-ethyl adjacent to an activating group) is 1. The summed E-state index contributed by atoms with van der Waals surface area (Å²) in [6, 6.07) is 3.50. The molecule has 1 saturated heterocycles. The summed E-state index contributed by atoms with van der Waals surface area (Å²) in [6.07, 6.45) is 0. The predicted molar refractivity (Wildman–Crippen MR) is 103 cm³/mol. The molecule has 0 bridgehead atoms. The number of nitrogens with zero attached hydrogens (tertiary/aromatic N) is 3. The van der Waals surface area contributed by atoms with Crippen LogP contribution in [0, 0.1) is 10.1 Å². The Balaban J connectivity index is 1.90. The van der Waals surface area contributed by atoms with E-state index < -0.39 is 11.0 Å². The molecule has 1 aromatic rings. The van der Waals surface area contributed by atoms with Crippen LogP contribution in [0.1, 0.15) is 13.8 Å². The van der Waals surface area contributed by atoms with Gasteiger partial charge in [-0.1, -0.05) is 11.6 Å². The van der Waals surface area contributed by atoms with Gasteiger partial charge in [0.1, 0.15) is 0 Å². The first-order valence-corrected chi connectivity index (χ1v) is 9.17. The standard InChI is InChI=1S/C17H24ClN5O4/c1-3-19-16(24)11-21-6-8-22(9-7-21)12(2)17(25)20-15-10-13(23(26)27)4-5-14(15)18/h4-5,10,12H,3,6-9,11H2,1-2H3,(H,19,24)(H,20,25). The van der Waals surface area contributed by atoms with E-state index in [1.165, 1.54) is 18.2 Å². The SMILES string of the molecule is CCNC(=O)CN1CCN(C(C)C(=O)Nc2cc([N+](=O)[O-])ccc2Cl)CC1. The van der Waals surface area contributed by atoms with Gasteiger partial charge in [-0.3, -0.25) is 29.5 Å². The van der Waals surface area contributed by atoms with E-state index in [9.17, 15) is 19.7 Å². The van der Waals surface area contributed by atoms with Crippen molar-refractivity contribution >= 4 is 34.8 Å². The van der Waals surface area contributed by atoms with Crippen LogP contribution in [-0.4, -0.2) is 71.8 Å². The van der Waals surface area contributed by atoms with Crippen molar-refractivity contribution in [2.75, 3.05) is 44.6 Å². The van der Waals surface area contributed by atoms with Crippen molar-refractivity contribution in [2.24, 2.45) is 0 Å². The Morgan fingerprint density at radius 3 is 2.56 bits per heavy atom. The number of non-ortho nitro benzene ring substituents is 1. The van der Waals surface area contributed by atoms with E-state index in [4.69, 9.17) is 11.6 Å². The minimum absolute atomic E-state index is 0.00273. The van der Waals surface area contributed by atoms with Crippen LogP contribution >= 0.6 is 11.6 Å². The number of piperazine rings is 1. The molecule has 1 atom stereocenters. The fourth-order valence-electron chi connectivity index (χ4n) is 2.89. The zero-order valence-corrected chi connectivity index (χ0v) is 16.2. The second-order valence-electron chi connectivity index (χ2n) is 6.35. The summed E-state index contributed by atoms with van der Waals surface area (Å²) in [5, 5.41) is 16.6. The number of carbonyl (C=O) groups excluding carboxylic acids is 2. The maximum atomic E-state index is 12.5. The van der Waals surface area contributed by atoms with Gasteiger partial charge in [0.2, 0.25) is 11.8 Å². The lowest BCUT2D eigenvalue weighted by atomic mass is 10.2. The molecule has 1 aliphatic rings. The Morgan fingerprint density at radius 2 is 1.96 bits per heavy atom. The Kier molecular flexibility index (Phi) is 7.52. The van der Waals surface area contributed by atoms with Crippen molar-refractivity contribution in [3.63, 3.8) is 0 Å². The molecule has 1 aromatic carbocycles. The summed E-state index contributed by atoms with van der Waals surface area (Å²) >= 11 is 6.03. The van der Waals surface area contributed by atoms with E-state index in [0.29, 0.717) is 39.3 Å². The van der Waals surface area contributed by atoms with E-state index in [-0.39, 0.29) is 28.2 Å². The van der Waals surface area contributed by atoms with Crippen LogP contribution < -0.4 is 10.6 Å². The highest BCUT2D eigenvalue weighted by molar-refractivity contribution is 6.33. The highest BCUT2D eigenvalue weighted by Gasteiger charge is 2.27. The van der Waals surface area contributed by atoms with Gasteiger partial charge in [0, 0.05) is 44.9 Å². The fourth-order valence-corrected chi connectivity index (χ4v) is 3.06. The first-order valence-electron chi connectivity index (χ1n) is 8.79. The first-order chi connectivity index (χ1) is 12.8. The summed E-state index contributed by atoms with van der Waals surface area (Å²) in [7, 11) is 0. The summed E-state index contributed by atoms with van der Waals surface area (Å²) in [5.41, 5.74) is 0.0823. The molecule has 1 aliphatic heterocycles. The number of carbonyl (C=O) groups is 2. The van der Waals surface area contributed by atoms with Crippen molar-refractivity contribution < 1.29 is 14.5 Å². The maximum Gasteiger partial charge on any atom is 0.271 e. The predicted octanol–water partition coefficient (Wildman–Crippen LogP) is 1.33. The number of rotatable bonds is 7. The van der Waals surface area contributed by atoms with Gasteiger partial charge in [0.05, 0.1) is 28.2 Å². The molecule has 0 aliphatic carbocycles. The second kappa shape index (κ2) is 9.63. The summed E-state index contributed by atoms with van der Waals surface area (Å²) < 4.78 is 0. The number of halogens is 1. The van der Waals surface area contributed by atoms with Gasteiger partial charge >= 0.3 is 0 Å². The monoisotopic (exact) mass is 397 g/mol. The third-order valence-electron chi connectivity index (χ3n) is 4.49. The number of hydrogen-bond donors (Lipinski definition) is 2. The van der Waals surface area contributed by atoms with Gasteiger partial charge in [-0.15, -0.1) is 0 Å². The Bertz CT molecular complexity index is 707. The number of nitro benzene ring substituents is 1. The van der Waals surface area contributed by atoms with Gasteiger partial charge in [0.25, 0.3) is 5.69 Å². The van der Waals surface area contributed by atoms with Crippen LogP contribution in [0.2, 0.25) is 5.02 Å². The molecule has 27 heavy (non-hydrogen) atoms. The zero-order valence-electron chi connectivity index (χ0n) is 15.4. The van der Waals surface area contributed by atoms with Gasteiger partial charge in [-0.25, -0.2) is 0 Å². The lowest BCUT2D eigenvalue weighted by Crippen LogP contribution is -2.54. The number of nitro groups is 1. The zero-order chi connectivity index (χ0) is 20.0. The van der Waals surface area contributed by atoms with Crippen molar-refractivity contribution in [3.05, 3.63) is 33.3 Å². The van der Waals surface area contributed by atoms with Gasteiger partial charge < -0.3 is 10.6 Å². The molecule has 2 rings (SSSR count). The lowest BCUT2D eigenvalue weighted by Gasteiger charge is -2.37. The molecule has 0 radical (unpaired) electrons. The van der Waals surface area contributed by atoms with Crippen LogP contribution in [-0.2, 0) is 9.59 Å². The van der Waals surface area contributed by atoms with Crippen molar-refractivity contribution in [3.8, 4) is 0 Å². The van der Waals surface area contributed by atoms with Crippen molar-refractivity contribution in [1.82, 2.24) is 15.1 Å². The quantitative estimate of drug-likeness (QED) is 0.530. The molecular formula is C17H24ClN5O4. The molecule has 1 unspecified atom stereocenters. The van der Waals surface area contributed by atoms with E-state index >= 15 is 0 Å². The number of anilines is 1. The summed E-state index contributed by atoms with van der Waals surface area (Å²) in [6.45, 7) is 7.29. The van der Waals surface area contributed by atoms with Crippen LogP contribution in [0.25, 0.3) is 0 Å². The normalized spacial score (nSPS) is 16.6. The minimum atomic E-state index is -0.538. The van der Waals surface area contributed by atoms with Crippen molar-refractivity contribution in [2.45, 2.75) is 19.9 Å². The molecule has 0 saturated carbocycles. The van der Waals surface area contributed by atoms with Crippen LogP contribution in [0.15, 0.2) is 18.2 Å². The smallest absolute Gasteiger partial charge is 0.271 e. The topological polar surface area (TPSA) is 108 Å². The first kappa shape index (κ1) is 21.1. The maximum absolute atomic E-state index is 12.5. The highest BCUT2D eigenvalue weighted by atomic mass is 35.5. The van der Waals surface area contributed by atoms with E-state index in [0.717, 1.165) is 0 Å². The molecule has 0 aromatic heterocycles. The Labute approximate surface area is 162 Å². The number of nitrogens with one attached hydrogen (secondary N) is 2. The van der Waals surface area contributed by atoms with E-state index in [2.05, 4.69) is 10.6 Å². The second-order valence-corrected chi connectivity index (χ2v) is 6.76. The number of hydrogen-bond acceptors (Lipinski definition) is 6. The average Bonchev–Trinajstić information content (AvgIpc) is 2.63. The molecule has 1 fully saturated rings. The van der Waals surface area contributed by atoms with Crippen LogP contribution in [0.3, 0.4) is 0 Å². The minimum Gasteiger partial charge on any atom is -0.355 e. The van der Waals surface area contributed by atoms with Crippen molar-refractivity contribution in [1.29, 1.82) is 0 Å². The Hall–Kier alpha value is -2.23. The molecule has 9 nitrogen and oxygen atoms in total. The molecular weight excluding hydrogens is 374 g/mol. The van der Waals surface area contributed by atoms with Gasteiger partial charge in [0.15, 0.2) is 0 Å². The summed E-state index contributed by atoms with van der Waals surface area (Å²) in [4.78, 5) is 38.6. The Morgan fingerprint density at radius 1 is 1.30 bits per heavy atom. The van der Waals surface area contributed by atoms with Crippen LogP contribution in [0.4, 0.5) is 11.4 Å². The third kappa shape index (κ3) is 5.88. The summed E-state index contributed by atoms with van der Waals surface area (Å²) in [5.74, 6) is -0.286. The highest BCUT2D eigenvalue weighted by Crippen LogP contribution is 2.27. The molecule has 2 amide bonds. The van der Waals surface area contributed by atoms with Crippen LogP contribution in [0.5, 0.6) is 0 Å². The van der Waals surface area contributed by atoms with Gasteiger partial charge in [-0.05, 0) is 19.9 Å². The van der Waals surface area contributed by atoms with Gasteiger partial charge in [-0.2, -0.15) is 0 Å². The molecule has 0 spiro atoms. The molecule has 148 valence electrons.